The van der Waals surface area contributed by atoms with E-state index in [2.05, 4.69) is 10.1 Å². The van der Waals surface area contributed by atoms with Gasteiger partial charge in [-0.25, -0.2) is 18.3 Å². The van der Waals surface area contributed by atoms with Gasteiger partial charge in [-0.2, -0.15) is 5.10 Å². The van der Waals surface area contributed by atoms with Gasteiger partial charge in [-0.1, -0.05) is 30.3 Å². The summed E-state index contributed by atoms with van der Waals surface area (Å²) in [6, 6.07) is 11.4. The number of imidazole rings is 1. The zero-order chi connectivity index (χ0) is 20.3. The van der Waals surface area contributed by atoms with Gasteiger partial charge in [-0.05, 0) is 36.8 Å². The molecular formula is C22H23F2N3O2. The Morgan fingerprint density at radius 2 is 1.97 bits per heavy atom. The molecule has 7 heteroatoms. The standard InChI is InChI=1S/C22H23F2N3O2/c23-22(24)8-6-16(7-9-22)10-19-13-27-21(26-19)11-18(12-25-27)20(28)15-29-14-17-4-2-1-3-5-17/h1-5,11-13,16H,6-10,14-15H2. The van der Waals surface area contributed by atoms with Crippen LogP contribution in [-0.4, -0.2) is 32.9 Å². The molecule has 5 nitrogen and oxygen atoms in total. The van der Waals surface area contributed by atoms with E-state index in [1.54, 1.807) is 10.6 Å². The second-order valence-electron chi connectivity index (χ2n) is 7.68. The number of rotatable bonds is 7. The van der Waals surface area contributed by atoms with Crippen molar-refractivity contribution >= 4 is 11.4 Å². The second-order valence-corrected chi connectivity index (χ2v) is 7.68. The first kappa shape index (κ1) is 19.6. The summed E-state index contributed by atoms with van der Waals surface area (Å²) in [6.45, 7) is 0.340. The number of carbonyl (C=O) groups excluding carboxylic acids is 1. The lowest BCUT2D eigenvalue weighted by atomic mass is 9.84. The van der Waals surface area contributed by atoms with Crippen LogP contribution in [0, 0.1) is 5.92 Å². The number of Topliss-reactive ketones (excluding diaryl/α,β-unsaturated/α-hetero) is 1. The van der Waals surface area contributed by atoms with Crippen LogP contribution >= 0.6 is 0 Å². The summed E-state index contributed by atoms with van der Waals surface area (Å²) >= 11 is 0. The van der Waals surface area contributed by atoms with Gasteiger partial charge in [0.15, 0.2) is 11.4 Å². The van der Waals surface area contributed by atoms with E-state index in [-0.39, 0.29) is 31.1 Å². The van der Waals surface area contributed by atoms with Crippen molar-refractivity contribution in [1.82, 2.24) is 14.6 Å². The third kappa shape index (κ3) is 5.03. The lowest BCUT2D eigenvalue weighted by Crippen LogP contribution is -2.25. The van der Waals surface area contributed by atoms with Crippen molar-refractivity contribution in [3.8, 4) is 0 Å². The van der Waals surface area contributed by atoms with Crippen molar-refractivity contribution in [1.29, 1.82) is 0 Å². The molecule has 0 aliphatic heterocycles. The van der Waals surface area contributed by atoms with Crippen LogP contribution in [-0.2, 0) is 17.8 Å². The number of hydrogen-bond acceptors (Lipinski definition) is 4. The molecule has 0 unspecified atom stereocenters. The molecule has 1 aliphatic carbocycles. The molecule has 1 saturated carbocycles. The first-order chi connectivity index (χ1) is 14.0. The number of ketones is 1. The van der Waals surface area contributed by atoms with Gasteiger partial charge in [0, 0.05) is 18.4 Å². The fourth-order valence-corrected chi connectivity index (χ4v) is 3.70. The van der Waals surface area contributed by atoms with E-state index in [9.17, 15) is 13.6 Å². The Morgan fingerprint density at radius 1 is 1.21 bits per heavy atom. The maximum Gasteiger partial charge on any atom is 0.248 e. The van der Waals surface area contributed by atoms with Crippen LogP contribution in [0.5, 0.6) is 0 Å². The van der Waals surface area contributed by atoms with Crippen molar-refractivity contribution in [2.75, 3.05) is 6.61 Å². The average molecular weight is 399 g/mol. The van der Waals surface area contributed by atoms with Gasteiger partial charge < -0.3 is 4.74 Å². The summed E-state index contributed by atoms with van der Waals surface area (Å²) in [5.41, 5.74) is 2.85. The van der Waals surface area contributed by atoms with Crippen molar-refractivity contribution in [3.63, 3.8) is 0 Å². The highest BCUT2D eigenvalue weighted by Crippen LogP contribution is 2.37. The SMILES string of the molecule is O=C(COCc1ccccc1)c1cnn2cc(CC3CCC(F)(F)CC3)nc2c1. The molecule has 29 heavy (non-hydrogen) atoms. The number of ether oxygens (including phenoxy) is 1. The molecule has 0 spiro atoms. The number of fused-ring (bicyclic) bond motifs is 1. The minimum atomic E-state index is -2.52. The molecule has 0 bridgehead atoms. The van der Waals surface area contributed by atoms with Crippen molar-refractivity contribution < 1.29 is 18.3 Å². The molecule has 0 amide bonds. The van der Waals surface area contributed by atoms with Gasteiger partial charge in [0.1, 0.15) is 6.61 Å². The quantitative estimate of drug-likeness (QED) is 0.549. The zero-order valence-electron chi connectivity index (χ0n) is 16.1. The maximum atomic E-state index is 13.3. The molecule has 1 aliphatic rings. The molecule has 2 aromatic heterocycles. The van der Waals surface area contributed by atoms with Gasteiger partial charge in [-0.3, -0.25) is 4.79 Å². The van der Waals surface area contributed by atoms with Crippen LogP contribution in [0.3, 0.4) is 0 Å². The summed E-state index contributed by atoms with van der Waals surface area (Å²) in [5.74, 6) is -2.46. The number of benzene rings is 1. The molecular weight excluding hydrogens is 376 g/mol. The fourth-order valence-electron chi connectivity index (χ4n) is 3.70. The van der Waals surface area contributed by atoms with E-state index in [0.29, 0.717) is 37.1 Å². The number of carbonyl (C=O) groups is 1. The number of alkyl halides is 2. The normalized spacial score (nSPS) is 16.9. The van der Waals surface area contributed by atoms with E-state index in [4.69, 9.17) is 4.74 Å². The highest BCUT2D eigenvalue weighted by molar-refractivity contribution is 5.97. The van der Waals surface area contributed by atoms with Crippen LogP contribution in [0.1, 0.15) is 47.3 Å². The molecule has 0 atom stereocenters. The minimum absolute atomic E-state index is 0.0312. The minimum Gasteiger partial charge on any atom is -0.369 e. The monoisotopic (exact) mass is 399 g/mol. The van der Waals surface area contributed by atoms with Gasteiger partial charge in [0.2, 0.25) is 5.92 Å². The van der Waals surface area contributed by atoms with Crippen molar-refractivity contribution in [2.45, 2.75) is 44.6 Å². The lowest BCUT2D eigenvalue weighted by molar-refractivity contribution is -0.0457. The number of aromatic nitrogens is 3. The maximum absolute atomic E-state index is 13.3. The van der Waals surface area contributed by atoms with Gasteiger partial charge in [0.05, 0.1) is 24.7 Å². The number of nitrogens with zero attached hydrogens (tertiary/aromatic N) is 3. The largest absolute Gasteiger partial charge is 0.369 e. The Hall–Kier alpha value is -2.67. The Balaban J connectivity index is 1.35. The van der Waals surface area contributed by atoms with Crippen LogP contribution in [0.25, 0.3) is 5.65 Å². The molecule has 1 fully saturated rings. The van der Waals surface area contributed by atoms with Gasteiger partial charge in [-0.15, -0.1) is 0 Å². The Morgan fingerprint density at radius 3 is 2.72 bits per heavy atom. The van der Waals surface area contributed by atoms with E-state index >= 15 is 0 Å². The lowest BCUT2D eigenvalue weighted by Gasteiger charge is -2.27. The predicted molar refractivity (Wildman–Crippen MR) is 104 cm³/mol. The van der Waals surface area contributed by atoms with E-state index < -0.39 is 5.92 Å². The Bertz CT molecular complexity index is 978. The summed E-state index contributed by atoms with van der Waals surface area (Å²) < 4.78 is 33.8. The fraction of sp³-hybridized carbons (Fsp3) is 0.409. The summed E-state index contributed by atoms with van der Waals surface area (Å²) in [5, 5.41) is 4.26. The van der Waals surface area contributed by atoms with E-state index in [1.165, 1.54) is 6.20 Å². The number of halogens is 2. The van der Waals surface area contributed by atoms with Gasteiger partial charge >= 0.3 is 0 Å². The van der Waals surface area contributed by atoms with Crippen LogP contribution in [0.15, 0.2) is 48.8 Å². The Kier molecular flexibility index (Phi) is 5.67. The highest BCUT2D eigenvalue weighted by atomic mass is 19.3. The molecule has 1 aromatic carbocycles. The van der Waals surface area contributed by atoms with Crippen LogP contribution < -0.4 is 0 Å². The molecule has 2 heterocycles. The molecule has 152 valence electrons. The number of hydrogen-bond donors (Lipinski definition) is 0. The summed E-state index contributed by atoms with van der Waals surface area (Å²) in [4.78, 5) is 16.9. The van der Waals surface area contributed by atoms with Crippen LogP contribution in [0.4, 0.5) is 8.78 Å². The summed E-state index contributed by atoms with van der Waals surface area (Å²) in [6.07, 6.45) is 4.89. The molecule has 4 rings (SSSR count). The molecule has 0 saturated heterocycles. The molecule has 0 radical (unpaired) electrons. The van der Waals surface area contributed by atoms with Gasteiger partial charge in [0.25, 0.3) is 0 Å². The molecule has 3 aromatic rings. The second kappa shape index (κ2) is 8.37. The predicted octanol–water partition coefficient (Wildman–Crippen LogP) is 4.50. The third-order valence-corrected chi connectivity index (χ3v) is 5.37. The third-order valence-electron chi connectivity index (χ3n) is 5.37. The van der Waals surface area contributed by atoms with Crippen molar-refractivity contribution in [2.24, 2.45) is 5.92 Å². The van der Waals surface area contributed by atoms with E-state index in [1.807, 2.05) is 36.5 Å². The zero-order valence-corrected chi connectivity index (χ0v) is 16.1. The topological polar surface area (TPSA) is 56.5 Å². The molecule has 0 N–H and O–H groups in total. The summed E-state index contributed by atoms with van der Waals surface area (Å²) in [7, 11) is 0. The van der Waals surface area contributed by atoms with E-state index in [0.717, 1.165) is 11.3 Å². The Labute approximate surface area is 167 Å². The highest BCUT2D eigenvalue weighted by Gasteiger charge is 2.35. The smallest absolute Gasteiger partial charge is 0.248 e. The average Bonchev–Trinajstić information content (AvgIpc) is 3.12. The van der Waals surface area contributed by atoms with Crippen LogP contribution in [0.2, 0.25) is 0 Å². The first-order valence-corrected chi connectivity index (χ1v) is 9.85. The first-order valence-electron chi connectivity index (χ1n) is 9.85. The van der Waals surface area contributed by atoms with Crippen molar-refractivity contribution in [3.05, 3.63) is 65.6 Å².